The summed E-state index contributed by atoms with van der Waals surface area (Å²) in [4.78, 5) is 4.22. The van der Waals surface area contributed by atoms with Crippen molar-refractivity contribution < 1.29 is 10.2 Å². The Bertz CT molecular complexity index is 289. The Morgan fingerprint density at radius 1 is 1.33 bits per heavy atom. The van der Waals surface area contributed by atoms with E-state index >= 15 is 0 Å². The molecule has 1 aromatic rings. The molecule has 4 nitrogen and oxygen atoms in total. The average molecular weight is 230 g/mol. The van der Waals surface area contributed by atoms with Crippen LogP contribution in [-0.2, 0) is 13.7 Å². The van der Waals surface area contributed by atoms with E-state index in [9.17, 15) is 0 Å². The minimum absolute atomic E-state index is 0.0363. The Morgan fingerprint density at radius 3 is 2.73 bits per heavy atom. The Labute approximate surface area is 94.3 Å². The standard InChI is InChI=1S/C10H18N2O2S/c1-12-9(8-14)7-11-10(12)15-6-4-2-3-5-13/h7,13-14H,2-6,8H2,1H3. The lowest BCUT2D eigenvalue weighted by Crippen LogP contribution is -1.97. The molecule has 0 aliphatic carbocycles. The highest BCUT2D eigenvalue weighted by Crippen LogP contribution is 2.18. The lowest BCUT2D eigenvalue weighted by molar-refractivity contribution is 0.271. The van der Waals surface area contributed by atoms with E-state index in [0.717, 1.165) is 35.9 Å². The third kappa shape index (κ3) is 3.85. The third-order valence-corrected chi connectivity index (χ3v) is 3.37. The largest absolute Gasteiger partial charge is 0.396 e. The molecule has 1 heterocycles. The molecule has 0 saturated carbocycles. The Kier molecular flexibility index (Phi) is 5.75. The van der Waals surface area contributed by atoms with Gasteiger partial charge in [-0.3, -0.25) is 0 Å². The summed E-state index contributed by atoms with van der Waals surface area (Å²) in [5.74, 6) is 1.01. The Morgan fingerprint density at radius 2 is 2.13 bits per heavy atom. The van der Waals surface area contributed by atoms with Crippen LogP contribution in [0.25, 0.3) is 0 Å². The third-order valence-electron chi connectivity index (χ3n) is 2.24. The first-order chi connectivity index (χ1) is 7.29. The normalized spacial score (nSPS) is 10.9. The maximum atomic E-state index is 8.98. The summed E-state index contributed by atoms with van der Waals surface area (Å²) in [6.07, 6.45) is 4.73. The first kappa shape index (κ1) is 12.5. The number of aliphatic hydroxyl groups is 2. The van der Waals surface area contributed by atoms with Gasteiger partial charge in [0.05, 0.1) is 18.5 Å². The summed E-state index contributed by atoms with van der Waals surface area (Å²) in [6, 6.07) is 0. The molecule has 0 spiro atoms. The van der Waals surface area contributed by atoms with Crippen molar-refractivity contribution in [1.29, 1.82) is 0 Å². The van der Waals surface area contributed by atoms with Crippen LogP contribution in [0.1, 0.15) is 25.0 Å². The molecule has 0 aliphatic heterocycles. The van der Waals surface area contributed by atoms with Gasteiger partial charge in [-0.25, -0.2) is 4.98 Å². The topological polar surface area (TPSA) is 58.3 Å². The summed E-state index contributed by atoms with van der Waals surface area (Å²) in [5, 5.41) is 18.5. The zero-order valence-corrected chi connectivity index (χ0v) is 9.83. The zero-order valence-electron chi connectivity index (χ0n) is 9.02. The van der Waals surface area contributed by atoms with Gasteiger partial charge in [0.2, 0.25) is 0 Å². The lowest BCUT2D eigenvalue weighted by atomic mass is 10.3. The molecule has 0 aromatic carbocycles. The first-order valence-electron chi connectivity index (χ1n) is 5.14. The van der Waals surface area contributed by atoms with Gasteiger partial charge in [0.15, 0.2) is 5.16 Å². The van der Waals surface area contributed by atoms with Gasteiger partial charge in [-0.05, 0) is 12.8 Å². The molecule has 0 fully saturated rings. The zero-order chi connectivity index (χ0) is 11.1. The van der Waals surface area contributed by atoms with E-state index in [0.29, 0.717) is 0 Å². The minimum atomic E-state index is 0.0363. The van der Waals surface area contributed by atoms with Crippen LogP contribution in [0.5, 0.6) is 0 Å². The fraction of sp³-hybridized carbons (Fsp3) is 0.700. The molecule has 0 aliphatic rings. The van der Waals surface area contributed by atoms with E-state index in [2.05, 4.69) is 4.98 Å². The molecule has 0 amide bonds. The van der Waals surface area contributed by atoms with Crippen LogP contribution < -0.4 is 0 Å². The highest BCUT2D eigenvalue weighted by molar-refractivity contribution is 7.99. The van der Waals surface area contributed by atoms with Gasteiger partial charge in [0.25, 0.3) is 0 Å². The quantitative estimate of drug-likeness (QED) is 0.545. The molecular formula is C10H18N2O2S. The fourth-order valence-corrected chi connectivity index (χ4v) is 2.23. The SMILES string of the molecule is Cn1c(CO)cnc1SCCCCCO. The predicted molar refractivity (Wildman–Crippen MR) is 60.8 cm³/mol. The second kappa shape index (κ2) is 6.87. The molecule has 0 unspecified atom stereocenters. The van der Waals surface area contributed by atoms with Crippen LogP contribution in [0.2, 0.25) is 0 Å². The van der Waals surface area contributed by atoms with Gasteiger partial charge >= 0.3 is 0 Å². The molecule has 2 N–H and O–H groups in total. The highest BCUT2D eigenvalue weighted by Gasteiger charge is 2.05. The molecule has 86 valence electrons. The van der Waals surface area contributed by atoms with Crippen molar-refractivity contribution >= 4 is 11.8 Å². The van der Waals surface area contributed by atoms with Crippen molar-refractivity contribution in [2.45, 2.75) is 31.0 Å². The van der Waals surface area contributed by atoms with Crippen molar-refractivity contribution in [3.8, 4) is 0 Å². The van der Waals surface area contributed by atoms with Crippen molar-refractivity contribution in [2.24, 2.45) is 7.05 Å². The number of rotatable bonds is 7. The van der Waals surface area contributed by atoms with E-state index in [1.165, 1.54) is 0 Å². The van der Waals surface area contributed by atoms with Gasteiger partial charge < -0.3 is 14.8 Å². The predicted octanol–water partition coefficient (Wildman–Crippen LogP) is 1.17. The van der Waals surface area contributed by atoms with Crippen LogP contribution in [0.15, 0.2) is 11.4 Å². The van der Waals surface area contributed by atoms with Crippen LogP contribution >= 0.6 is 11.8 Å². The molecular weight excluding hydrogens is 212 g/mol. The number of unbranched alkanes of at least 4 members (excludes halogenated alkanes) is 2. The Balaban J connectivity index is 2.28. The number of aliphatic hydroxyl groups excluding tert-OH is 2. The molecule has 0 bridgehead atoms. The monoisotopic (exact) mass is 230 g/mol. The van der Waals surface area contributed by atoms with Crippen molar-refractivity contribution in [1.82, 2.24) is 9.55 Å². The van der Waals surface area contributed by atoms with Crippen molar-refractivity contribution in [3.05, 3.63) is 11.9 Å². The van der Waals surface area contributed by atoms with Gasteiger partial charge in [-0.2, -0.15) is 0 Å². The van der Waals surface area contributed by atoms with Gasteiger partial charge in [-0.15, -0.1) is 0 Å². The van der Waals surface area contributed by atoms with E-state index in [1.807, 2.05) is 11.6 Å². The maximum Gasteiger partial charge on any atom is 0.167 e. The van der Waals surface area contributed by atoms with E-state index < -0.39 is 0 Å². The van der Waals surface area contributed by atoms with Gasteiger partial charge in [-0.1, -0.05) is 18.2 Å². The number of hydrogen-bond donors (Lipinski definition) is 2. The number of nitrogens with zero attached hydrogens (tertiary/aromatic N) is 2. The highest BCUT2D eigenvalue weighted by atomic mass is 32.2. The van der Waals surface area contributed by atoms with Gasteiger partial charge in [0, 0.05) is 19.4 Å². The summed E-state index contributed by atoms with van der Waals surface area (Å²) in [6.45, 7) is 0.316. The van der Waals surface area contributed by atoms with E-state index in [1.54, 1.807) is 18.0 Å². The summed E-state index contributed by atoms with van der Waals surface area (Å²) in [7, 11) is 1.91. The van der Waals surface area contributed by atoms with E-state index in [4.69, 9.17) is 10.2 Å². The number of imidazole rings is 1. The smallest absolute Gasteiger partial charge is 0.167 e. The fourth-order valence-electron chi connectivity index (χ4n) is 1.26. The van der Waals surface area contributed by atoms with Gasteiger partial charge in [0.1, 0.15) is 0 Å². The summed E-state index contributed by atoms with van der Waals surface area (Å²) in [5.41, 5.74) is 0.841. The van der Waals surface area contributed by atoms with Crippen molar-refractivity contribution in [2.75, 3.05) is 12.4 Å². The van der Waals surface area contributed by atoms with Crippen LogP contribution in [-0.4, -0.2) is 32.1 Å². The second-order valence-corrected chi connectivity index (χ2v) is 4.44. The average Bonchev–Trinajstić information content (AvgIpc) is 2.60. The second-order valence-electron chi connectivity index (χ2n) is 3.38. The molecule has 0 radical (unpaired) electrons. The van der Waals surface area contributed by atoms with E-state index in [-0.39, 0.29) is 13.2 Å². The maximum absolute atomic E-state index is 8.98. The molecule has 0 saturated heterocycles. The molecule has 5 heteroatoms. The van der Waals surface area contributed by atoms with Crippen LogP contribution in [0.3, 0.4) is 0 Å². The molecule has 1 rings (SSSR count). The van der Waals surface area contributed by atoms with Crippen LogP contribution in [0, 0.1) is 0 Å². The Hall–Kier alpha value is -0.520. The number of aromatic nitrogens is 2. The molecule has 1 aromatic heterocycles. The number of thioether (sulfide) groups is 1. The summed E-state index contributed by atoms with van der Waals surface area (Å²) >= 11 is 1.69. The minimum Gasteiger partial charge on any atom is -0.396 e. The first-order valence-corrected chi connectivity index (χ1v) is 6.13. The van der Waals surface area contributed by atoms with Crippen molar-refractivity contribution in [3.63, 3.8) is 0 Å². The summed E-state index contributed by atoms with van der Waals surface area (Å²) < 4.78 is 1.91. The molecule has 0 atom stereocenters. The molecule has 15 heavy (non-hydrogen) atoms. The van der Waals surface area contributed by atoms with Crippen LogP contribution in [0.4, 0.5) is 0 Å². The lowest BCUT2D eigenvalue weighted by Gasteiger charge is -2.03. The number of hydrogen-bond acceptors (Lipinski definition) is 4.